The molecule has 2 heterocycles. The molecule has 3 saturated carbocycles. The topological polar surface area (TPSA) is 46.6 Å². The molecule has 128 valence electrons. The van der Waals surface area contributed by atoms with Crippen molar-refractivity contribution in [3.8, 4) is 0 Å². The van der Waals surface area contributed by atoms with Gasteiger partial charge < -0.3 is 9.64 Å². The van der Waals surface area contributed by atoms with Crippen molar-refractivity contribution in [3.63, 3.8) is 0 Å². The molecule has 0 aromatic rings. The first-order chi connectivity index (χ1) is 10.7. The molecule has 5 heteroatoms. The Balaban J connectivity index is 1.44. The van der Waals surface area contributed by atoms with Gasteiger partial charge in [-0.05, 0) is 49.4 Å². The first-order valence-electron chi connectivity index (χ1n) is 8.90. The van der Waals surface area contributed by atoms with Crippen LogP contribution in [-0.4, -0.2) is 39.5 Å². The van der Waals surface area contributed by atoms with E-state index in [1.807, 2.05) is 0 Å². The zero-order valence-electron chi connectivity index (χ0n) is 14.5. The number of esters is 1. The number of thioether (sulfide) groups is 1. The molecule has 2 bridgehead atoms. The standard InChI is InChI=1S/C18H27NO3S/c1-10-12-7-11(17(12,2)3)8-14(10)22-16(21)13-9-23-18(4)6-5-15(20)19(13)18/h10-14H,5-9H2,1-4H3/t10-,11+,12-,13-,14-,18-/m0/s1. The van der Waals surface area contributed by atoms with Gasteiger partial charge in [0.1, 0.15) is 12.1 Å². The van der Waals surface area contributed by atoms with Crippen LogP contribution in [0.1, 0.15) is 53.4 Å². The van der Waals surface area contributed by atoms with Gasteiger partial charge in [0.25, 0.3) is 0 Å². The van der Waals surface area contributed by atoms with Crippen LogP contribution in [0.25, 0.3) is 0 Å². The van der Waals surface area contributed by atoms with Crippen molar-refractivity contribution in [1.82, 2.24) is 4.90 Å². The highest BCUT2D eigenvalue weighted by atomic mass is 32.2. The summed E-state index contributed by atoms with van der Waals surface area (Å²) in [7, 11) is 0. The molecular formula is C18H27NO3S. The smallest absolute Gasteiger partial charge is 0.330 e. The minimum Gasteiger partial charge on any atom is -0.461 e. The number of ether oxygens (including phenoxy) is 1. The summed E-state index contributed by atoms with van der Waals surface area (Å²) in [6, 6.07) is -0.376. The van der Waals surface area contributed by atoms with Crippen LogP contribution in [-0.2, 0) is 14.3 Å². The van der Waals surface area contributed by atoms with E-state index in [1.54, 1.807) is 16.7 Å². The third-order valence-electron chi connectivity index (χ3n) is 7.27. The van der Waals surface area contributed by atoms with Crippen LogP contribution in [0, 0.1) is 23.2 Å². The van der Waals surface area contributed by atoms with Gasteiger partial charge in [-0.2, -0.15) is 0 Å². The molecule has 0 unspecified atom stereocenters. The fraction of sp³-hybridized carbons (Fsp3) is 0.889. The molecule has 2 saturated heterocycles. The van der Waals surface area contributed by atoms with Crippen molar-refractivity contribution in [2.24, 2.45) is 23.2 Å². The number of carbonyl (C=O) groups is 2. The molecule has 2 aliphatic heterocycles. The van der Waals surface area contributed by atoms with Crippen molar-refractivity contribution in [3.05, 3.63) is 0 Å². The highest BCUT2D eigenvalue weighted by Crippen LogP contribution is 2.61. The Labute approximate surface area is 142 Å². The second kappa shape index (κ2) is 4.90. The largest absolute Gasteiger partial charge is 0.461 e. The molecule has 3 aliphatic carbocycles. The number of fused-ring (bicyclic) bond motifs is 3. The van der Waals surface area contributed by atoms with E-state index in [4.69, 9.17) is 4.74 Å². The van der Waals surface area contributed by atoms with E-state index < -0.39 is 0 Å². The van der Waals surface area contributed by atoms with Crippen molar-refractivity contribution in [1.29, 1.82) is 0 Å². The minimum absolute atomic E-state index is 0.0360. The Bertz CT molecular complexity index is 562. The lowest BCUT2D eigenvalue weighted by Gasteiger charge is -2.61. The molecular weight excluding hydrogens is 310 g/mol. The van der Waals surface area contributed by atoms with Gasteiger partial charge in [-0.15, -0.1) is 11.8 Å². The van der Waals surface area contributed by atoms with Crippen LogP contribution < -0.4 is 0 Å². The number of rotatable bonds is 2. The number of amides is 1. The van der Waals surface area contributed by atoms with Gasteiger partial charge >= 0.3 is 5.97 Å². The lowest BCUT2D eigenvalue weighted by Crippen LogP contribution is -2.58. The predicted octanol–water partition coefficient (Wildman–Crippen LogP) is 3.05. The zero-order chi connectivity index (χ0) is 16.6. The normalized spacial score (nSPS) is 47.2. The Morgan fingerprint density at radius 3 is 2.70 bits per heavy atom. The third-order valence-corrected chi connectivity index (χ3v) is 8.77. The van der Waals surface area contributed by atoms with Crippen molar-refractivity contribution in [2.75, 3.05) is 5.75 Å². The van der Waals surface area contributed by atoms with E-state index in [0.29, 0.717) is 35.3 Å². The highest BCUT2D eigenvalue weighted by Gasteiger charge is 2.58. The van der Waals surface area contributed by atoms with Gasteiger partial charge in [0.05, 0.1) is 4.87 Å². The van der Waals surface area contributed by atoms with E-state index >= 15 is 0 Å². The summed E-state index contributed by atoms with van der Waals surface area (Å²) in [5, 5.41) is 0. The van der Waals surface area contributed by atoms with E-state index in [-0.39, 0.29) is 28.9 Å². The van der Waals surface area contributed by atoms with Crippen molar-refractivity contribution in [2.45, 2.75) is 70.4 Å². The Kier molecular flexibility index (Phi) is 3.37. The van der Waals surface area contributed by atoms with Gasteiger partial charge in [0.15, 0.2) is 0 Å². The van der Waals surface area contributed by atoms with E-state index in [2.05, 4.69) is 27.7 Å². The fourth-order valence-electron chi connectivity index (χ4n) is 5.48. The maximum absolute atomic E-state index is 12.7. The fourth-order valence-corrected chi connectivity index (χ4v) is 6.90. The van der Waals surface area contributed by atoms with Crippen LogP contribution in [0.4, 0.5) is 0 Å². The summed E-state index contributed by atoms with van der Waals surface area (Å²) >= 11 is 1.73. The molecule has 0 spiro atoms. The summed E-state index contributed by atoms with van der Waals surface area (Å²) in [4.78, 5) is 26.5. The molecule has 6 atom stereocenters. The van der Waals surface area contributed by atoms with Gasteiger partial charge in [-0.1, -0.05) is 20.8 Å². The van der Waals surface area contributed by atoms with Crippen LogP contribution in [0.5, 0.6) is 0 Å². The number of hydrogen-bond acceptors (Lipinski definition) is 4. The maximum atomic E-state index is 12.7. The summed E-state index contributed by atoms with van der Waals surface area (Å²) in [6.07, 6.45) is 3.71. The molecule has 23 heavy (non-hydrogen) atoms. The summed E-state index contributed by atoms with van der Waals surface area (Å²) < 4.78 is 5.94. The molecule has 0 aromatic carbocycles. The second-order valence-corrected chi connectivity index (χ2v) is 10.2. The Morgan fingerprint density at radius 1 is 1.30 bits per heavy atom. The lowest BCUT2D eigenvalue weighted by atomic mass is 9.45. The molecule has 0 aromatic heterocycles. The SMILES string of the molecule is C[C@@H]1[C@@H](OC(=O)[C@@H]2CS[C@@]3(C)CCC(=O)N23)C[C@H]2C[C@@H]1C2(C)C. The molecule has 0 N–H and O–H groups in total. The maximum Gasteiger partial charge on any atom is 0.330 e. The predicted molar refractivity (Wildman–Crippen MR) is 89.8 cm³/mol. The quantitative estimate of drug-likeness (QED) is 0.727. The minimum atomic E-state index is -0.376. The molecule has 0 radical (unpaired) electrons. The van der Waals surface area contributed by atoms with Crippen molar-refractivity contribution >= 4 is 23.6 Å². The zero-order valence-corrected chi connectivity index (χ0v) is 15.3. The van der Waals surface area contributed by atoms with Crippen LogP contribution in [0.2, 0.25) is 0 Å². The van der Waals surface area contributed by atoms with Crippen LogP contribution in [0.15, 0.2) is 0 Å². The Hall–Kier alpha value is -0.710. The van der Waals surface area contributed by atoms with Gasteiger partial charge in [-0.25, -0.2) is 4.79 Å². The third kappa shape index (κ3) is 2.11. The van der Waals surface area contributed by atoms with E-state index in [1.165, 1.54) is 6.42 Å². The molecule has 5 aliphatic rings. The van der Waals surface area contributed by atoms with Gasteiger partial charge in [0, 0.05) is 12.2 Å². The summed E-state index contributed by atoms with van der Waals surface area (Å²) in [6.45, 7) is 9.01. The van der Waals surface area contributed by atoms with Gasteiger partial charge in [-0.3, -0.25) is 4.79 Å². The van der Waals surface area contributed by atoms with Crippen molar-refractivity contribution < 1.29 is 14.3 Å². The van der Waals surface area contributed by atoms with Crippen LogP contribution in [0.3, 0.4) is 0 Å². The van der Waals surface area contributed by atoms with E-state index in [0.717, 1.165) is 12.8 Å². The first-order valence-corrected chi connectivity index (χ1v) is 9.89. The van der Waals surface area contributed by atoms with E-state index in [9.17, 15) is 9.59 Å². The summed E-state index contributed by atoms with van der Waals surface area (Å²) in [5.74, 6) is 2.38. The lowest BCUT2D eigenvalue weighted by molar-refractivity contribution is -0.190. The number of hydrogen-bond donors (Lipinski definition) is 0. The number of carbonyl (C=O) groups excluding carboxylic acids is 2. The van der Waals surface area contributed by atoms with Gasteiger partial charge in [0.2, 0.25) is 5.91 Å². The summed E-state index contributed by atoms with van der Waals surface area (Å²) in [5.41, 5.74) is 0.398. The highest BCUT2D eigenvalue weighted by molar-refractivity contribution is 8.01. The Morgan fingerprint density at radius 2 is 2.04 bits per heavy atom. The molecule has 5 fully saturated rings. The first kappa shape index (κ1) is 15.8. The number of nitrogens with zero attached hydrogens (tertiary/aromatic N) is 1. The average molecular weight is 337 g/mol. The van der Waals surface area contributed by atoms with Crippen LogP contribution >= 0.6 is 11.8 Å². The molecule has 1 amide bonds. The molecule has 4 nitrogen and oxygen atoms in total. The second-order valence-electron chi connectivity index (χ2n) is 8.70. The molecule has 5 rings (SSSR count). The monoisotopic (exact) mass is 337 g/mol. The average Bonchev–Trinajstić information content (AvgIpc) is 2.97.